The molecule has 0 unspecified atom stereocenters. The number of carboxylic acids is 1. The number of aliphatic carboxylic acids is 1. The van der Waals surface area contributed by atoms with E-state index in [1.807, 2.05) is 13.8 Å². The van der Waals surface area contributed by atoms with Crippen molar-refractivity contribution in [3.05, 3.63) is 5.01 Å². The fourth-order valence-electron chi connectivity index (χ4n) is 0.773. The Bertz CT molecular complexity index is 324. The molecule has 0 spiro atoms. The predicted octanol–water partition coefficient (Wildman–Crippen LogP) is 1.55. The van der Waals surface area contributed by atoms with E-state index in [9.17, 15) is 4.79 Å². The molecule has 1 atom stereocenters. The van der Waals surface area contributed by atoms with Gasteiger partial charge in [-0.25, -0.2) is 0 Å². The van der Waals surface area contributed by atoms with Gasteiger partial charge in [-0.1, -0.05) is 25.2 Å². The number of rotatable bonds is 4. The van der Waals surface area contributed by atoms with Crippen LogP contribution >= 0.6 is 11.3 Å². The standard InChI is InChI=1S/C8H13N3O2S/c1-4(2)6-10-11-8(14-6)9-5(3)7(12)13/h4-5H,1-3H3,(H,9,11)(H,12,13)/t5-/m0/s1. The molecule has 0 aromatic carbocycles. The maximum absolute atomic E-state index is 10.5. The van der Waals surface area contributed by atoms with Crippen molar-refractivity contribution in [2.45, 2.75) is 32.7 Å². The molecule has 78 valence electrons. The molecule has 1 heterocycles. The third-order valence-electron chi connectivity index (χ3n) is 1.64. The molecule has 2 N–H and O–H groups in total. The molecule has 0 aliphatic heterocycles. The van der Waals surface area contributed by atoms with Crippen molar-refractivity contribution in [1.82, 2.24) is 10.2 Å². The van der Waals surface area contributed by atoms with E-state index < -0.39 is 12.0 Å². The Balaban J connectivity index is 2.64. The van der Waals surface area contributed by atoms with Gasteiger partial charge in [0.25, 0.3) is 0 Å². The van der Waals surface area contributed by atoms with Crippen molar-refractivity contribution in [1.29, 1.82) is 0 Å². The van der Waals surface area contributed by atoms with E-state index >= 15 is 0 Å². The van der Waals surface area contributed by atoms with Crippen LogP contribution in [-0.2, 0) is 4.79 Å². The topological polar surface area (TPSA) is 75.1 Å². The Labute approximate surface area is 86.2 Å². The van der Waals surface area contributed by atoms with Crippen LogP contribution in [0.3, 0.4) is 0 Å². The highest BCUT2D eigenvalue weighted by molar-refractivity contribution is 7.15. The van der Waals surface area contributed by atoms with Crippen LogP contribution in [0.15, 0.2) is 0 Å². The quantitative estimate of drug-likeness (QED) is 0.797. The number of hydrogen-bond acceptors (Lipinski definition) is 5. The first-order valence-corrected chi connectivity index (χ1v) is 5.15. The summed E-state index contributed by atoms with van der Waals surface area (Å²) in [6.07, 6.45) is 0. The van der Waals surface area contributed by atoms with Gasteiger partial charge in [0.1, 0.15) is 11.0 Å². The van der Waals surface area contributed by atoms with Crippen molar-refractivity contribution in [2.24, 2.45) is 0 Å². The molecule has 0 saturated heterocycles. The number of carbonyl (C=O) groups is 1. The van der Waals surface area contributed by atoms with Gasteiger partial charge in [-0.3, -0.25) is 4.79 Å². The number of hydrogen-bond donors (Lipinski definition) is 2. The summed E-state index contributed by atoms with van der Waals surface area (Å²) >= 11 is 1.39. The fourth-order valence-corrected chi connectivity index (χ4v) is 1.61. The zero-order valence-electron chi connectivity index (χ0n) is 8.31. The van der Waals surface area contributed by atoms with Crippen LogP contribution in [0.2, 0.25) is 0 Å². The molecular formula is C8H13N3O2S. The van der Waals surface area contributed by atoms with Crippen molar-refractivity contribution < 1.29 is 9.90 Å². The molecule has 0 bridgehead atoms. The lowest BCUT2D eigenvalue weighted by atomic mass is 10.2. The van der Waals surface area contributed by atoms with Gasteiger partial charge in [-0.05, 0) is 6.92 Å². The highest BCUT2D eigenvalue weighted by Crippen LogP contribution is 2.22. The molecule has 1 rings (SSSR count). The summed E-state index contributed by atoms with van der Waals surface area (Å²) in [6.45, 7) is 5.61. The molecule has 1 aromatic rings. The molecule has 14 heavy (non-hydrogen) atoms. The van der Waals surface area contributed by atoms with E-state index in [1.165, 1.54) is 11.3 Å². The summed E-state index contributed by atoms with van der Waals surface area (Å²) in [5.41, 5.74) is 0. The molecule has 0 saturated carbocycles. The molecule has 0 amide bonds. The van der Waals surface area contributed by atoms with Gasteiger partial charge in [-0.2, -0.15) is 0 Å². The van der Waals surface area contributed by atoms with Crippen LogP contribution in [0.1, 0.15) is 31.7 Å². The van der Waals surface area contributed by atoms with Crippen LogP contribution in [0.25, 0.3) is 0 Å². The van der Waals surface area contributed by atoms with Crippen molar-refractivity contribution in [3.63, 3.8) is 0 Å². The second-order valence-corrected chi connectivity index (χ2v) is 4.31. The fraction of sp³-hybridized carbons (Fsp3) is 0.625. The Kier molecular flexibility index (Phi) is 3.40. The second kappa shape index (κ2) is 4.36. The lowest BCUT2D eigenvalue weighted by Gasteiger charge is -2.05. The molecule has 5 nitrogen and oxygen atoms in total. The number of nitrogens with zero attached hydrogens (tertiary/aromatic N) is 2. The molecule has 0 aliphatic carbocycles. The number of aromatic nitrogens is 2. The van der Waals surface area contributed by atoms with Gasteiger partial charge in [0, 0.05) is 5.92 Å². The maximum Gasteiger partial charge on any atom is 0.325 e. The van der Waals surface area contributed by atoms with E-state index in [1.54, 1.807) is 6.92 Å². The summed E-state index contributed by atoms with van der Waals surface area (Å²) in [5.74, 6) is -0.575. The number of carboxylic acid groups (broad SMARTS) is 1. The summed E-state index contributed by atoms with van der Waals surface area (Å²) in [7, 11) is 0. The van der Waals surface area contributed by atoms with Crippen LogP contribution < -0.4 is 5.32 Å². The summed E-state index contributed by atoms with van der Waals surface area (Å²) < 4.78 is 0. The highest BCUT2D eigenvalue weighted by Gasteiger charge is 2.13. The predicted molar refractivity (Wildman–Crippen MR) is 54.7 cm³/mol. The lowest BCUT2D eigenvalue weighted by molar-refractivity contribution is -0.137. The van der Waals surface area contributed by atoms with E-state index in [-0.39, 0.29) is 0 Å². The molecular weight excluding hydrogens is 202 g/mol. The van der Waals surface area contributed by atoms with Gasteiger partial charge in [-0.15, -0.1) is 10.2 Å². The van der Waals surface area contributed by atoms with Gasteiger partial charge in [0.2, 0.25) is 5.13 Å². The summed E-state index contributed by atoms with van der Waals surface area (Å²) in [6, 6.07) is -0.636. The summed E-state index contributed by atoms with van der Waals surface area (Å²) in [5, 5.41) is 20.7. The highest BCUT2D eigenvalue weighted by atomic mass is 32.1. The van der Waals surface area contributed by atoms with Gasteiger partial charge in [0.15, 0.2) is 0 Å². The Morgan fingerprint density at radius 1 is 1.43 bits per heavy atom. The molecule has 0 radical (unpaired) electrons. The van der Waals surface area contributed by atoms with Crippen LogP contribution in [-0.4, -0.2) is 27.3 Å². The normalized spacial score (nSPS) is 12.9. The first-order valence-electron chi connectivity index (χ1n) is 4.33. The maximum atomic E-state index is 10.5. The lowest BCUT2D eigenvalue weighted by Crippen LogP contribution is -2.25. The third-order valence-corrected chi connectivity index (χ3v) is 2.80. The van der Waals surface area contributed by atoms with Crippen molar-refractivity contribution in [2.75, 3.05) is 5.32 Å². The zero-order valence-corrected chi connectivity index (χ0v) is 9.13. The molecule has 6 heteroatoms. The SMILES string of the molecule is CC(C)c1nnc(N[C@@H](C)C(=O)O)s1. The van der Waals surface area contributed by atoms with Crippen LogP contribution in [0.4, 0.5) is 5.13 Å². The van der Waals surface area contributed by atoms with E-state index in [0.29, 0.717) is 11.0 Å². The molecule has 0 aliphatic rings. The monoisotopic (exact) mass is 215 g/mol. The largest absolute Gasteiger partial charge is 0.480 e. The van der Waals surface area contributed by atoms with E-state index in [0.717, 1.165) is 5.01 Å². The zero-order chi connectivity index (χ0) is 10.7. The average Bonchev–Trinajstić information content (AvgIpc) is 2.52. The number of anilines is 1. The minimum absolute atomic E-state index is 0.322. The first kappa shape index (κ1) is 10.9. The van der Waals surface area contributed by atoms with E-state index in [2.05, 4.69) is 15.5 Å². The average molecular weight is 215 g/mol. The van der Waals surface area contributed by atoms with Crippen LogP contribution in [0.5, 0.6) is 0 Å². The molecule has 1 aromatic heterocycles. The minimum Gasteiger partial charge on any atom is -0.480 e. The van der Waals surface area contributed by atoms with E-state index in [4.69, 9.17) is 5.11 Å². The van der Waals surface area contributed by atoms with Gasteiger partial charge >= 0.3 is 5.97 Å². The third kappa shape index (κ3) is 2.66. The second-order valence-electron chi connectivity index (χ2n) is 3.30. The Hall–Kier alpha value is -1.17. The molecule has 0 fully saturated rings. The summed E-state index contributed by atoms with van der Waals surface area (Å²) in [4.78, 5) is 10.5. The minimum atomic E-state index is -0.897. The van der Waals surface area contributed by atoms with Gasteiger partial charge < -0.3 is 10.4 Å². The van der Waals surface area contributed by atoms with Crippen molar-refractivity contribution >= 4 is 22.4 Å². The number of nitrogens with one attached hydrogen (secondary N) is 1. The van der Waals surface area contributed by atoms with Crippen LogP contribution in [0, 0.1) is 0 Å². The Morgan fingerprint density at radius 2 is 2.07 bits per heavy atom. The Morgan fingerprint density at radius 3 is 2.50 bits per heavy atom. The first-order chi connectivity index (χ1) is 6.50. The van der Waals surface area contributed by atoms with Crippen molar-refractivity contribution in [3.8, 4) is 0 Å². The van der Waals surface area contributed by atoms with Gasteiger partial charge in [0.05, 0.1) is 0 Å². The smallest absolute Gasteiger partial charge is 0.325 e.